The van der Waals surface area contributed by atoms with Crippen LogP contribution in [0.5, 0.6) is 0 Å². The summed E-state index contributed by atoms with van der Waals surface area (Å²) < 4.78 is 13.8. The Labute approximate surface area is 173 Å². The van der Waals surface area contributed by atoms with Crippen LogP contribution < -0.4 is 5.32 Å². The fraction of sp³-hybridized carbons (Fsp3) is 0.400. The minimum atomic E-state index is -0.186. The summed E-state index contributed by atoms with van der Waals surface area (Å²) in [6, 6.07) is 16.8. The quantitative estimate of drug-likeness (QED) is 0.700. The maximum atomic E-state index is 13.8. The Bertz CT molecular complexity index is 852. The van der Waals surface area contributed by atoms with Gasteiger partial charge in [0, 0.05) is 18.2 Å². The maximum Gasteiger partial charge on any atom is 0.244 e. The van der Waals surface area contributed by atoms with Crippen LogP contribution in [0.25, 0.3) is 6.08 Å². The van der Waals surface area contributed by atoms with Crippen molar-refractivity contribution in [1.29, 1.82) is 0 Å². The Morgan fingerprint density at radius 3 is 2.38 bits per heavy atom. The zero-order valence-corrected chi connectivity index (χ0v) is 17.6. The average molecular weight is 395 g/mol. The number of carbonyl (C=O) groups is 1. The van der Waals surface area contributed by atoms with Gasteiger partial charge in [-0.25, -0.2) is 4.39 Å². The van der Waals surface area contributed by atoms with Gasteiger partial charge in [-0.3, -0.25) is 9.69 Å². The van der Waals surface area contributed by atoms with Gasteiger partial charge >= 0.3 is 0 Å². The number of halogens is 1. The fourth-order valence-corrected chi connectivity index (χ4v) is 4.31. The molecule has 0 bridgehead atoms. The van der Waals surface area contributed by atoms with Crippen LogP contribution in [-0.2, 0) is 10.3 Å². The molecule has 0 saturated heterocycles. The van der Waals surface area contributed by atoms with Gasteiger partial charge in [0.1, 0.15) is 5.82 Å². The van der Waals surface area contributed by atoms with E-state index in [4.69, 9.17) is 0 Å². The number of nitrogens with zero attached hydrogens (tertiary/aromatic N) is 1. The molecule has 29 heavy (non-hydrogen) atoms. The molecule has 1 N–H and O–H groups in total. The molecule has 0 spiro atoms. The lowest BCUT2D eigenvalue weighted by molar-refractivity contribution is -0.117. The number of hydrogen-bond donors (Lipinski definition) is 1. The van der Waals surface area contributed by atoms with Crippen LogP contribution in [0.1, 0.15) is 43.7 Å². The third-order valence-corrected chi connectivity index (χ3v) is 6.42. The molecule has 1 aliphatic carbocycles. The van der Waals surface area contributed by atoms with Crippen LogP contribution in [-0.4, -0.2) is 31.4 Å². The molecule has 2 aromatic carbocycles. The molecule has 3 nitrogen and oxygen atoms in total. The van der Waals surface area contributed by atoms with Crippen molar-refractivity contribution in [1.82, 2.24) is 10.2 Å². The van der Waals surface area contributed by atoms with E-state index in [-0.39, 0.29) is 22.7 Å². The van der Waals surface area contributed by atoms with E-state index in [1.807, 2.05) is 42.5 Å². The van der Waals surface area contributed by atoms with Crippen LogP contribution in [0.2, 0.25) is 0 Å². The van der Waals surface area contributed by atoms with Gasteiger partial charge in [-0.15, -0.1) is 0 Å². The predicted octanol–water partition coefficient (Wildman–Crippen LogP) is 4.99. The second-order valence-electron chi connectivity index (χ2n) is 8.71. The van der Waals surface area contributed by atoms with Gasteiger partial charge in [0.25, 0.3) is 0 Å². The van der Waals surface area contributed by atoms with Crippen molar-refractivity contribution in [3.63, 3.8) is 0 Å². The van der Waals surface area contributed by atoms with Crippen molar-refractivity contribution >= 4 is 12.0 Å². The monoisotopic (exact) mass is 394 g/mol. The van der Waals surface area contributed by atoms with Crippen molar-refractivity contribution in [3.8, 4) is 0 Å². The molecule has 0 aromatic heterocycles. The van der Waals surface area contributed by atoms with E-state index in [1.165, 1.54) is 6.07 Å². The largest absolute Gasteiger partial charge is 0.352 e. The van der Waals surface area contributed by atoms with Crippen LogP contribution >= 0.6 is 0 Å². The molecule has 0 unspecified atom stereocenters. The van der Waals surface area contributed by atoms with Gasteiger partial charge in [0.15, 0.2) is 0 Å². The third kappa shape index (κ3) is 5.13. The maximum absolute atomic E-state index is 13.8. The van der Waals surface area contributed by atoms with Gasteiger partial charge in [0.05, 0.1) is 0 Å². The van der Waals surface area contributed by atoms with Crippen molar-refractivity contribution < 1.29 is 9.18 Å². The Morgan fingerprint density at radius 2 is 1.76 bits per heavy atom. The minimum Gasteiger partial charge on any atom is -0.352 e. The lowest BCUT2D eigenvalue weighted by atomic mass is 9.65. The van der Waals surface area contributed by atoms with Crippen molar-refractivity contribution in [3.05, 3.63) is 77.6 Å². The third-order valence-electron chi connectivity index (χ3n) is 6.42. The van der Waals surface area contributed by atoms with E-state index in [9.17, 15) is 9.18 Å². The van der Waals surface area contributed by atoms with Crippen LogP contribution in [0, 0.1) is 11.2 Å². The average Bonchev–Trinajstić information content (AvgIpc) is 2.72. The zero-order valence-electron chi connectivity index (χ0n) is 17.6. The summed E-state index contributed by atoms with van der Waals surface area (Å²) >= 11 is 0. The van der Waals surface area contributed by atoms with Crippen LogP contribution in [0.3, 0.4) is 0 Å². The summed E-state index contributed by atoms with van der Waals surface area (Å²) in [6.07, 6.45) is 7.26. The summed E-state index contributed by atoms with van der Waals surface area (Å²) in [4.78, 5) is 14.5. The summed E-state index contributed by atoms with van der Waals surface area (Å²) in [5.74, 6) is -0.251. The molecule has 3 rings (SSSR count). The second-order valence-corrected chi connectivity index (χ2v) is 8.71. The molecule has 1 fully saturated rings. The minimum absolute atomic E-state index is 0.0447. The van der Waals surface area contributed by atoms with Gasteiger partial charge < -0.3 is 5.32 Å². The molecule has 154 valence electrons. The predicted molar refractivity (Wildman–Crippen MR) is 117 cm³/mol. The molecular formula is C25H31FN2O. The topological polar surface area (TPSA) is 32.3 Å². The number of nitrogens with one attached hydrogen (secondary N) is 1. The Morgan fingerprint density at radius 1 is 1.07 bits per heavy atom. The van der Waals surface area contributed by atoms with Gasteiger partial charge in [-0.2, -0.15) is 0 Å². The molecule has 0 aliphatic heterocycles. The zero-order chi connectivity index (χ0) is 20.9. The molecule has 0 atom stereocenters. The lowest BCUT2D eigenvalue weighted by Gasteiger charge is -2.49. The number of benzene rings is 2. The Balaban J connectivity index is 1.60. The van der Waals surface area contributed by atoms with Gasteiger partial charge in [-0.05, 0) is 74.5 Å². The summed E-state index contributed by atoms with van der Waals surface area (Å²) in [7, 11) is 4.15. The van der Waals surface area contributed by atoms with E-state index < -0.39 is 0 Å². The van der Waals surface area contributed by atoms with Crippen LogP contribution in [0.4, 0.5) is 4.39 Å². The highest BCUT2D eigenvalue weighted by Gasteiger charge is 2.43. The standard InChI is InChI=1S/C25H31FN2O/c1-24(19-27-23(29)13-12-20-8-5-4-6-9-20)14-16-25(17-15-24,28(2)3)21-10-7-11-22(26)18-21/h4-13,18H,14-17,19H2,1-3H3,(H,27,29). The van der Waals surface area contributed by atoms with E-state index in [1.54, 1.807) is 18.2 Å². The summed E-state index contributed by atoms with van der Waals surface area (Å²) in [6.45, 7) is 2.89. The molecule has 1 aliphatic rings. The van der Waals surface area contributed by atoms with Crippen LogP contribution in [0.15, 0.2) is 60.7 Å². The normalized spacial score (nSPS) is 24.7. The first-order chi connectivity index (χ1) is 13.8. The second kappa shape index (κ2) is 8.91. The molecule has 1 saturated carbocycles. The first kappa shape index (κ1) is 21.3. The number of amides is 1. The van der Waals surface area contributed by atoms with E-state index in [2.05, 4.69) is 31.2 Å². The van der Waals surface area contributed by atoms with E-state index >= 15 is 0 Å². The molecule has 4 heteroatoms. The summed E-state index contributed by atoms with van der Waals surface area (Å²) in [5, 5.41) is 3.07. The SMILES string of the molecule is CN(C)C1(c2cccc(F)c2)CCC(C)(CNC(=O)C=Cc2ccccc2)CC1. The van der Waals surface area contributed by atoms with E-state index in [0.29, 0.717) is 6.54 Å². The van der Waals surface area contributed by atoms with E-state index in [0.717, 1.165) is 36.8 Å². The summed E-state index contributed by atoms with van der Waals surface area (Å²) in [5.41, 5.74) is 1.94. The Hall–Kier alpha value is -2.46. The van der Waals surface area contributed by atoms with Crippen molar-refractivity contribution in [2.75, 3.05) is 20.6 Å². The highest BCUT2D eigenvalue weighted by Crippen LogP contribution is 2.47. The Kier molecular flexibility index (Phi) is 6.53. The molecular weight excluding hydrogens is 363 g/mol. The molecule has 1 amide bonds. The van der Waals surface area contributed by atoms with Gasteiger partial charge in [0.2, 0.25) is 5.91 Å². The highest BCUT2D eigenvalue weighted by molar-refractivity contribution is 5.91. The van der Waals surface area contributed by atoms with Crippen molar-refractivity contribution in [2.24, 2.45) is 5.41 Å². The van der Waals surface area contributed by atoms with Gasteiger partial charge in [-0.1, -0.05) is 49.4 Å². The smallest absolute Gasteiger partial charge is 0.244 e. The lowest BCUT2D eigenvalue weighted by Crippen LogP contribution is -2.48. The number of hydrogen-bond acceptors (Lipinski definition) is 2. The first-order valence-electron chi connectivity index (χ1n) is 10.3. The molecule has 0 radical (unpaired) electrons. The molecule has 0 heterocycles. The van der Waals surface area contributed by atoms with Crippen molar-refractivity contribution in [2.45, 2.75) is 38.1 Å². The first-order valence-corrected chi connectivity index (χ1v) is 10.3. The number of carbonyl (C=O) groups excluding carboxylic acids is 1. The molecule has 2 aromatic rings. The fourth-order valence-electron chi connectivity index (χ4n) is 4.31. The highest BCUT2D eigenvalue weighted by atomic mass is 19.1. The number of rotatable bonds is 6.